The average Bonchev–Trinajstić information content (AvgIpc) is 3.31. The van der Waals surface area contributed by atoms with Crippen LogP contribution in [0, 0.1) is 0 Å². The molecular formula is C24H28N4O. The number of rotatable bonds is 7. The SMILES string of the molecule is CCc1nc(N(CCC(=O)N2CCCC2)Cc2ccccc2)c2ccccc2n1. The summed E-state index contributed by atoms with van der Waals surface area (Å²) in [7, 11) is 0. The van der Waals surface area contributed by atoms with Crippen LogP contribution in [0.5, 0.6) is 0 Å². The monoisotopic (exact) mass is 388 g/mol. The van der Waals surface area contributed by atoms with E-state index < -0.39 is 0 Å². The van der Waals surface area contributed by atoms with Gasteiger partial charge in [-0.3, -0.25) is 4.79 Å². The molecule has 1 aromatic heterocycles. The zero-order valence-corrected chi connectivity index (χ0v) is 17.1. The second kappa shape index (κ2) is 9.03. The van der Waals surface area contributed by atoms with Crippen LogP contribution in [0.4, 0.5) is 5.82 Å². The molecule has 2 heterocycles. The number of amides is 1. The molecule has 0 radical (unpaired) electrons. The van der Waals surface area contributed by atoms with Gasteiger partial charge >= 0.3 is 0 Å². The highest BCUT2D eigenvalue weighted by molar-refractivity contribution is 5.89. The number of aryl methyl sites for hydroxylation is 1. The summed E-state index contributed by atoms with van der Waals surface area (Å²) < 4.78 is 0. The van der Waals surface area contributed by atoms with Crippen LogP contribution < -0.4 is 4.90 Å². The number of hydrogen-bond donors (Lipinski definition) is 0. The van der Waals surface area contributed by atoms with Gasteiger partial charge in [-0.25, -0.2) is 9.97 Å². The van der Waals surface area contributed by atoms with Crippen LogP contribution >= 0.6 is 0 Å². The van der Waals surface area contributed by atoms with Crippen molar-refractivity contribution in [2.24, 2.45) is 0 Å². The van der Waals surface area contributed by atoms with Crippen molar-refractivity contribution in [2.45, 2.75) is 39.2 Å². The van der Waals surface area contributed by atoms with Gasteiger partial charge in [0.05, 0.1) is 5.52 Å². The lowest BCUT2D eigenvalue weighted by Crippen LogP contribution is -2.33. The van der Waals surface area contributed by atoms with Crippen molar-refractivity contribution in [1.29, 1.82) is 0 Å². The van der Waals surface area contributed by atoms with Crippen LogP contribution in [0.3, 0.4) is 0 Å². The summed E-state index contributed by atoms with van der Waals surface area (Å²) in [6.45, 7) is 5.24. The first kappa shape index (κ1) is 19.4. The first-order valence-corrected chi connectivity index (χ1v) is 10.6. The molecule has 0 spiro atoms. The van der Waals surface area contributed by atoms with E-state index >= 15 is 0 Å². The molecular weight excluding hydrogens is 360 g/mol. The van der Waals surface area contributed by atoms with Crippen molar-refractivity contribution in [3.63, 3.8) is 0 Å². The Morgan fingerprint density at radius 3 is 2.48 bits per heavy atom. The molecule has 150 valence electrons. The van der Waals surface area contributed by atoms with Gasteiger partial charge in [0.2, 0.25) is 5.91 Å². The Morgan fingerprint density at radius 1 is 1.00 bits per heavy atom. The topological polar surface area (TPSA) is 49.3 Å². The standard InChI is InChI=1S/C24H28N4O/c1-2-22-25-21-13-7-6-12-20(21)24(26-22)28(18-19-10-4-3-5-11-19)17-14-23(29)27-15-8-9-16-27/h3-7,10-13H,2,8-9,14-18H2,1H3. The van der Waals surface area contributed by atoms with Gasteiger partial charge in [0, 0.05) is 44.4 Å². The molecule has 0 N–H and O–H groups in total. The number of carbonyl (C=O) groups is 1. The highest BCUT2D eigenvalue weighted by Gasteiger charge is 2.20. The quantitative estimate of drug-likeness (QED) is 0.608. The molecule has 3 aromatic rings. The van der Waals surface area contributed by atoms with Crippen LogP contribution in [0.2, 0.25) is 0 Å². The number of fused-ring (bicyclic) bond motifs is 1. The highest BCUT2D eigenvalue weighted by atomic mass is 16.2. The van der Waals surface area contributed by atoms with E-state index in [2.05, 4.69) is 47.1 Å². The molecule has 0 atom stereocenters. The van der Waals surface area contributed by atoms with Gasteiger partial charge in [0.15, 0.2) is 0 Å². The molecule has 2 aromatic carbocycles. The van der Waals surface area contributed by atoms with E-state index in [1.54, 1.807) is 0 Å². The third-order valence-corrected chi connectivity index (χ3v) is 5.52. The summed E-state index contributed by atoms with van der Waals surface area (Å²) in [5.74, 6) is 2.00. The largest absolute Gasteiger partial charge is 0.351 e. The lowest BCUT2D eigenvalue weighted by Gasteiger charge is -2.26. The fraction of sp³-hybridized carbons (Fsp3) is 0.375. The van der Waals surface area contributed by atoms with Crippen LogP contribution in [0.1, 0.15) is 37.6 Å². The maximum atomic E-state index is 12.7. The fourth-order valence-electron chi connectivity index (χ4n) is 3.92. The van der Waals surface area contributed by atoms with Crippen molar-refractivity contribution in [3.8, 4) is 0 Å². The van der Waals surface area contributed by atoms with Gasteiger partial charge in [-0.1, -0.05) is 49.4 Å². The molecule has 0 bridgehead atoms. The van der Waals surface area contributed by atoms with Gasteiger partial charge in [0.1, 0.15) is 11.6 Å². The Hall–Kier alpha value is -2.95. The van der Waals surface area contributed by atoms with E-state index in [4.69, 9.17) is 4.98 Å². The zero-order valence-electron chi connectivity index (χ0n) is 17.1. The van der Waals surface area contributed by atoms with Gasteiger partial charge in [-0.2, -0.15) is 0 Å². The van der Waals surface area contributed by atoms with Crippen molar-refractivity contribution >= 4 is 22.6 Å². The van der Waals surface area contributed by atoms with Crippen molar-refractivity contribution in [2.75, 3.05) is 24.5 Å². The number of likely N-dealkylation sites (tertiary alicyclic amines) is 1. The second-order valence-electron chi connectivity index (χ2n) is 7.58. The zero-order chi connectivity index (χ0) is 20.1. The third-order valence-electron chi connectivity index (χ3n) is 5.52. The fourth-order valence-corrected chi connectivity index (χ4v) is 3.92. The van der Waals surface area contributed by atoms with Crippen LogP contribution in [-0.4, -0.2) is 40.4 Å². The molecule has 0 aliphatic carbocycles. The minimum Gasteiger partial charge on any atom is -0.351 e. The summed E-state index contributed by atoms with van der Waals surface area (Å²) >= 11 is 0. The molecule has 1 saturated heterocycles. The Bertz CT molecular complexity index is 967. The van der Waals surface area contributed by atoms with E-state index in [9.17, 15) is 4.79 Å². The second-order valence-corrected chi connectivity index (χ2v) is 7.58. The lowest BCUT2D eigenvalue weighted by atomic mass is 10.1. The lowest BCUT2D eigenvalue weighted by molar-refractivity contribution is -0.129. The van der Waals surface area contributed by atoms with E-state index in [1.165, 1.54) is 5.56 Å². The summed E-state index contributed by atoms with van der Waals surface area (Å²) in [6.07, 6.45) is 3.53. The maximum absolute atomic E-state index is 12.7. The van der Waals surface area contributed by atoms with Gasteiger partial charge < -0.3 is 9.80 Å². The third kappa shape index (κ3) is 4.56. The normalized spacial score (nSPS) is 13.8. The minimum atomic E-state index is 0.245. The smallest absolute Gasteiger partial charge is 0.224 e. The van der Waals surface area contributed by atoms with Gasteiger partial charge in [-0.05, 0) is 30.5 Å². The van der Waals surface area contributed by atoms with Crippen molar-refractivity contribution in [1.82, 2.24) is 14.9 Å². The summed E-state index contributed by atoms with van der Waals surface area (Å²) in [5, 5.41) is 1.04. The van der Waals surface area contributed by atoms with Crippen LogP contribution in [-0.2, 0) is 17.8 Å². The molecule has 1 aliphatic heterocycles. The Kier molecular flexibility index (Phi) is 6.03. The number of aromatic nitrogens is 2. The molecule has 1 amide bonds. The number of carbonyl (C=O) groups excluding carboxylic acids is 1. The van der Waals surface area contributed by atoms with Crippen LogP contribution in [0.15, 0.2) is 54.6 Å². The predicted molar refractivity (Wildman–Crippen MR) is 117 cm³/mol. The molecule has 29 heavy (non-hydrogen) atoms. The number of benzene rings is 2. The molecule has 0 saturated carbocycles. The summed E-state index contributed by atoms with van der Waals surface area (Å²) in [6, 6.07) is 18.5. The number of hydrogen-bond acceptors (Lipinski definition) is 4. The van der Waals surface area contributed by atoms with Crippen molar-refractivity contribution < 1.29 is 4.79 Å². The Morgan fingerprint density at radius 2 is 1.72 bits per heavy atom. The highest BCUT2D eigenvalue weighted by Crippen LogP contribution is 2.26. The van der Waals surface area contributed by atoms with E-state index in [0.717, 1.165) is 61.4 Å². The predicted octanol–water partition coefficient (Wildman–Crippen LogP) is 4.21. The number of nitrogens with zero attached hydrogens (tertiary/aromatic N) is 4. The average molecular weight is 389 g/mol. The molecule has 5 nitrogen and oxygen atoms in total. The molecule has 1 fully saturated rings. The number of anilines is 1. The molecule has 1 aliphatic rings. The van der Waals surface area contributed by atoms with E-state index in [1.807, 2.05) is 29.2 Å². The summed E-state index contributed by atoms with van der Waals surface area (Å²) in [4.78, 5) is 26.5. The van der Waals surface area contributed by atoms with E-state index in [0.29, 0.717) is 13.0 Å². The first-order valence-electron chi connectivity index (χ1n) is 10.6. The number of para-hydroxylation sites is 1. The Balaban J connectivity index is 1.66. The van der Waals surface area contributed by atoms with Crippen LogP contribution in [0.25, 0.3) is 10.9 Å². The summed E-state index contributed by atoms with van der Waals surface area (Å²) in [5.41, 5.74) is 2.17. The molecule has 5 heteroatoms. The Labute approximate surface area is 172 Å². The van der Waals surface area contributed by atoms with Gasteiger partial charge in [-0.15, -0.1) is 0 Å². The van der Waals surface area contributed by atoms with Gasteiger partial charge in [0.25, 0.3) is 0 Å². The molecule has 4 rings (SSSR count). The minimum absolute atomic E-state index is 0.245. The van der Waals surface area contributed by atoms with E-state index in [-0.39, 0.29) is 5.91 Å². The molecule has 0 unspecified atom stereocenters. The first-order chi connectivity index (χ1) is 14.2. The van der Waals surface area contributed by atoms with Crippen molar-refractivity contribution in [3.05, 3.63) is 66.0 Å². The maximum Gasteiger partial charge on any atom is 0.224 e.